The third kappa shape index (κ3) is 4.84. The summed E-state index contributed by atoms with van der Waals surface area (Å²) in [5.41, 5.74) is 1.16. The minimum Gasteiger partial charge on any atom is -0.349 e. The monoisotopic (exact) mass is 358 g/mol. The van der Waals surface area contributed by atoms with Gasteiger partial charge in [0.1, 0.15) is 5.82 Å². The van der Waals surface area contributed by atoms with Crippen LogP contribution in [0.5, 0.6) is 0 Å². The Morgan fingerprint density at radius 3 is 2.64 bits per heavy atom. The van der Waals surface area contributed by atoms with Crippen molar-refractivity contribution in [3.63, 3.8) is 0 Å². The van der Waals surface area contributed by atoms with Crippen LogP contribution in [0.1, 0.15) is 56.5 Å². The Morgan fingerprint density at radius 1 is 1.28 bits per heavy atom. The number of amides is 1. The van der Waals surface area contributed by atoms with Crippen LogP contribution in [0.3, 0.4) is 0 Å². The Hall–Kier alpha value is -1.82. The molecule has 0 saturated heterocycles. The van der Waals surface area contributed by atoms with Crippen LogP contribution in [0.15, 0.2) is 35.5 Å². The molecule has 0 bridgehead atoms. The van der Waals surface area contributed by atoms with E-state index in [2.05, 4.69) is 41.5 Å². The maximum atomic E-state index is 12.5. The highest BCUT2D eigenvalue weighted by Gasteiger charge is 2.29. The summed E-state index contributed by atoms with van der Waals surface area (Å²) in [6, 6.07) is 10.2. The number of hydrogen-bond acceptors (Lipinski definition) is 4. The Labute approximate surface area is 153 Å². The van der Waals surface area contributed by atoms with Gasteiger partial charge in [-0.15, -0.1) is 10.2 Å². The van der Waals surface area contributed by atoms with Gasteiger partial charge in [-0.1, -0.05) is 55.9 Å². The van der Waals surface area contributed by atoms with Gasteiger partial charge < -0.3 is 9.88 Å². The number of nitrogens with one attached hydrogen (secondary N) is 1. The standard InChI is InChI=1S/C19H26N4OS/c1-13(2)11-16(14-7-5-4-6-8-14)20-17(24)12-25-19-22-21-18(23(19)3)15-9-10-15/h4-8,13,15-16H,9-12H2,1-3H3,(H,20,24)/t16-/m0/s1. The van der Waals surface area contributed by atoms with Crippen molar-refractivity contribution in [2.24, 2.45) is 13.0 Å². The first-order valence-corrected chi connectivity index (χ1v) is 9.89. The normalized spacial score (nSPS) is 15.4. The molecule has 25 heavy (non-hydrogen) atoms. The average Bonchev–Trinajstić information content (AvgIpc) is 3.36. The summed E-state index contributed by atoms with van der Waals surface area (Å²) in [5.74, 6) is 2.52. The fourth-order valence-corrected chi connectivity index (χ4v) is 3.68. The van der Waals surface area contributed by atoms with E-state index in [1.54, 1.807) is 0 Å². The molecule has 6 heteroatoms. The fourth-order valence-electron chi connectivity index (χ4n) is 2.95. The van der Waals surface area contributed by atoms with E-state index in [0.717, 1.165) is 23.0 Å². The van der Waals surface area contributed by atoms with Crippen molar-refractivity contribution in [3.05, 3.63) is 41.7 Å². The summed E-state index contributed by atoms with van der Waals surface area (Å²) >= 11 is 1.45. The van der Waals surface area contributed by atoms with Gasteiger partial charge in [0.25, 0.3) is 0 Å². The fraction of sp³-hybridized carbons (Fsp3) is 0.526. The smallest absolute Gasteiger partial charge is 0.230 e. The molecule has 134 valence electrons. The Morgan fingerprint density at radius 2 is 2.00 bits per heavy atom. The first kappa shape index (κ1) is 18.0. The van der Waals surface area contributed by atoms with Crippen LogP contribution >= 0.6 is 11.8 Å². The van der Waals surface area contributed by atoms with Crippen molar-refractivity contribution in [2.45, 2.75) is 50.2 Å². The first-order chi connectivity index (χ1) is 12.0. The number of thioether (sulfide) groups is 1. The summed E-state index contributed by atoms with van der Waals surface area (Å²) in [7, 11) is 1.99. The third-order valence-electron chi connectivity index (χ3n) is 4.39. The molecule has 1 amide bonds. The molecular weight excluding hydrogens is 332 g/mol. The summed E-state index contributed by atoms with van der Waals surface area (Å²) in [6.45, 7) is 4.35. The largest absolute Gasteiger partial charge is 0.349 e. The minimum absolute atomic E-state index is 0.0375. The summed E-state index contributed by atoms with van der Waals surface area (Å²) in [6.07, 6.45) is 3.33. The van der Waals surface area contributed by atoms with Gasteiger partial charge in [0.15, 0.2) is 5.16 Å². The zero-order valence-electron chi connectivity index (χ0n) is 15.1. The van der Waals surface area contributed by atoms with Crippen LogP contribution in [0, 0.1) is 5.92 Å². The summed E-state index contributed by atoms with van der Waals surface area (Å²) in [4.78, 5) is 12.5. The lowest BCUT2D eigenvalue weighted by molar-refractivity contribution is -0.119. The van der Waals surface area contributed by atoms with Gasteiger partial charge in [-0.2, -0.15) is 0 Å². The Bertz CT molecular complexity index is 709. The second-order valence-corrected chi connectivity index (χ2v) is 8.07. The van der Waals surface area contributed by atoms with E-state index in [1.807, 2.05) is 29.8 Å². The van der Waals surface area contributed by atoms with Crippen LogP contribution in [0.4, 0.5) is 0 Å². The van der Waals surface area contributed by atoms with Crippen molar-refractivity contribution in [1.82, 2.24) is 20.1 Å². The lowest BCUT2D eigenvalue weighted by Gasteiger charge is -2.21. The van der Waals surface area contributed by atoms with Gasteiger partial charge in [-0.25, -0.2) is 0 Å². The third-order valence-corrected chi connectivity index (χ3v) is 5.41. The molecule has 3 rings (SSSR count). The second kappa shape index (κ2) is 8.04. The number of rotatable bonds is 8. The van der Waals surface area contributed by atoms with Gasteiger partial charge in [-0.3, -0.25) is 4.79 Å². The lowest BCUT2D eigenvalue weighted by Crippen LogP contribution is -2.31. The maximum Gasteiger partial charge on any atom is 0.230 e. The van der Waals surface area contributed by atoms with Crippen LogP contribution in [-0.2, 0) is 11.8 Å². The zero-order chi connectivity index (χ0) is 17.8. The van der Waals surface area contributed by atoms with Crippen LogP contribution < -0.4 is 5.32 Å². The van der Waals surface area contributed by atoms with Crippen molar-refractivity contribution >= 4 is 17.7 Å². The molecule has 1 heterocycles. The molecule has 1 aromatic heterocycles. The maximum absolute atomic E-state index is 12.5. The molecule has 1 aromatic carbocycles. The highest BCUT2D eigenvalue weighted by atomic mass is 32.2. The van der Waals surface area contributed by atoms with Crippen molar-refractivity contribution in [3.8, 4) is 0 Å². The van der Waals surface area contributed by atoms with Gasteiger partial charge >= 0.3 is 0 Å². The van der Waals surface area contributed by atoms with E-state index in [1.165, 1.54) is 24.6 Å². The molecule has 2 aromatic rings. The predicted molar refractivity (Wildman–Crippen MR) is 100 cm³/mol. The number of hydrogen-bond donors (Lipinski definition) is 1. The van der Waals surface area contributed by atoms with Crippen molar-refractivity contribution in [2.75, 3.05) is 5.75 Å². The molecule has 1 N–H and O–H groups in total. The molecule has 0 spiro atoms. The average molecular weight is 359 g/mol. The van der Waals surface area contributed by atoms with E-state index in [9.17, 15) is 4.79 Å². The van der Waals surface area contributed by atoms with Crippen molar-refractivity contribution in [1.29, 1.82) is 0 Å². The Kier molecular flexibility index (Phi) is 5.78. The molecule has 1 atom stereocenters. The molecule has 0 aliphatic heterocycles. The van der Waals surface area contributed by atoms with Crippen LogP contribution in [0.2, 0.25) is 0 Å². The molecular formula is C19H26N4OS. The highest BCUT2D eigenvalue weighted by Crippen LogP contribution is 2.39. The molecule has 0 radical (unpaired) electrons. The molecule has 5 nitrogen and oxygen atoms in total. The predicted octanol–water partition coefficient (Wildman–Crippen LogP) is 3.69. The molecule has 1 aliphatic carbocycles. The highest BCUT2D eigenvalue weighted by molar-refractivity contribution is 7.99. The van der Waals surface area contributed by atoms with Gasteiger partial charge in [0.05, 0.1) is 11.8 Å². The number of nitrogens with zero attached hydrogens (tertiary/aromatic N) is 3. The number of benzene rings is 1. The molecule has 1 fully saturated rings. The van der Waals surface area contributed by atoms with Gasteiger partial charge in [0, 0.05) is 13.0 Å². The van der Waals surface area contributed by atoms with Crippen molar-refractivity contribution < 1.29 is 4.79 Å². The molecule has 1 saturated carbocycles. The topological polar surface area (TPSA) is 59.8 Å². The quantitative estimate of drug-likeness (QED) is 0.731. The number of aromatic nitrogens is 3. The number of carbonyl (C=O) groups is 1. The molecule has 0 unspecified atom stereocenters. The Balaban J connectivity index is 1.58. The minimum atomic E-state index is 0.0375. The second-order valence-electron chi connectivity index (χ2n) is 7.12. The van der Waals surface area contributed by atoms with Gasteiger partial charge in [-0.05, 0) is 30.7 Å². The van der Waals surface area contributed by atoms with Gasteiger partial charge in [0.2, 0.25) is 5.91 Å². The first-order valence-electron chi connectivity index (χ1n) is 8.91. The molecule has 1 aliphatic rings. The summed E-state index contributed by atoms with van der Waals surface area (Å²) < 4.78 is 2.03. The SMILES string of the molecule is CC(C)C[C@H](NC(=O)CSc1nnc(C2CC2)n1C)c1ccccc1. The van der Waals surface area contributed by atoms with Crippen LogP contribution in [0.25, 0.3) is 0 Å². The van der Waals surface area contributed by atoms with E-state index < -0.39 is 0 Å². The zero-order valence-corrected chi connectivity index (χ0v) is 15.9. The van der Waals surface area contributed by atoms with E-state index in [4.69, 9.17) is 0 Å². The number of carbonyl (C=O) groups excluding carboxylic acids is 1. The summed E-state index contributed by atoms with van der Waals surface area (Å²) in [5, 5.41) is 12.5. The van der Waals surface area contributed by atoms with E-state index >= 15 is 0 Å². The lowest BCUT2D eigenvalue weighted by atomic mass is 9.97. The van der Waals surface area contributed by atoms with E-state index in [-0.39, 0.29) is 11.9 Å². The van der Waals surface area contributed by atoms with Crippen LogP contribution in [-0.4, -0.2) is 26.4 Å². The van der Waals surface area contributed by atoms with E-state index in [0.29, 0.717) is 17.6 Å².